The van der Waals surface area contributed by atoms with Gasteiger partial charge in [0.25, 0.3) is 0 Å². The number of hydrogen-bond acceptors (Lipinski definition) is 4. The van der Waals surface area contributed by atoms with E-state index in [-0.39, 0.29) is 30.7 Å². The zero-order valence-electron chi connectivity index (χ0n) is 17.4. The number of nitrogens with one attached hydrogen (secondary N) is 1. The Hall–Kier alpha value is -2.99. The van der Waals surface area contributed by atoms with Crippen LogP contribution in [-0.2, 0) is 11.3 Å². The van der Waals surface area contributed by atoms with Crippen LogP contribution >= 0.6 is 0 Å². The molecule has 4 rings (SSSR count). The van der Waals surface area contributed by atoms with Crippen LogP contribution in [0.5, 0.6) is 0 Å². The van der Waals surface area contributed by atoms with Crippen molar-refractivity contribution >= 4 is 22.7 Å². The van der Waals surface area contributed by atoms with E-state index in [2.05, 4.69) is 39.6 Å². The molecule has 1 saturated heterocycles. The van der Waals surface area contributed by atoms with Crippen molar-refractivity contribution in [3.63, 3.8) is 0 Å². The third-order valence-electron chi connectivity index (χ3n) is 5.84. The minimum atomic E-state index is -0.150. The van der Waals surface area contributed by atoms with E-state index in [1.807, 2.05) is 31.2 Å². The van der Waals surface area contributed by atoms with Gasteiger partial charge in [-0.15, -0.1) is 0 Å². The lowest BCUT2D eigenvalue weighted by Gasteiger charge is -2.32. The third-order valence-corrected chi connectivity index (χ3v) is 5.84. The molecular formula is C24H28N4O2. The maximum atomic E-state index is 12.6. The Kier molecular flexibility index (Phi) is 6.23. The topological polar surface area (TPSA) is 67.2 Å². The molecule has 6 nitrogen and oxygen atoms in total. The Balaban J connectivity index is 1.22. The molecule has 1 fully saturated rings. The Morgan fingerprint density at radius 1 is 1.03 bits per heavy atom. The molecule has 0 atom stereocenters. The van der Waals surface area contributed by atoms with Gasteiger partial charge in [-0.1, -0.05) is 42.5 Å². The van der Waals surface area contributed by atoms with Crippen LogP contribution in [-0.4, -0.2) is 45.6 Å². The number of nitrogens with zero attached hydrogens (tertiary/aromatic N) is 3. The lowest BCUT2D eigenvalue weighted by atomic mass is 10.0. The van der Waals surface area contributed by atoms with Gasteiger partial charge >= 0.3 is 0 Å². The standard InChI is InChI=1S/C24H28N4O2/c1-18-6-5-9-22-21(18)16-25-28(22)24(30)11-10-23(29)26-20-12-14-27(15-13-20)17-19-7-3-2-4-8-19/h2-9,16,20H,10-15,17H2,1H3,(H,26,29). The minimum absolute atomic E-state index is 0.0579. The summed E-state index contributed by atoms with van der Waals surface area (Å²) in [7, 11) is 0. The van der Waals surface area contributed by atoms with Crippen molar-refractivity contribution in [2.45, 2.75) is 45.2 Å². The molecule has 1 aliphatic rings. The first-order valence-corrected chi connectivity index (χ1v) is 10.6. The molecule has 0 spiro atoms. The average molecular weight is 405 g/mol. The number of likely N-dealkylation sites (tertiary alicyclic amines) is 1. The molecule has 1 aliphatic heterocycles. The molecule has 0 aliphatic carbocycles. The van der Waals surface area contributed by atoms with Crippen LogP contribution in [0.2, 0.25) is 0 Å². The summed E-state index contributed by atoms with van der Waals surface area (Å²) >= 11 is 0. The van der Waals surface area contributed by atoms with Crippen molar-refractivity contribution in [1.82, 2.24) is 20.0 Å². The van der Waals surface area contributed by atoms with Gasteiger partial charge in [-0.2, -0.15) is 5.10 Å². The molecule has 6 heteroatoms. The van der Waals surface area contributed by atoms with Crippen molar-refractivity contribution in [1.29, 1.82) is 0 Å². The largest absolute Gasteiger partial charge is 0.353 e. The average Bonchev–Trinajstić information content (AvgIpc) is 3.20. The second kappa shape index (κ2) is 9.22. The number of benzene rings is 2. The summed E-state index contributed by atoms with van der Waals surface area (Å²) in [5.74, 6) is -0.207. The molecule has 0 saturated carbocycles. The highest BCUT2D eigenvalue weighted by Gasteiger charge is 2.21. The normalized spacial score (nSPS) is 15.4. The molecule has 1 aromatic heterocycles. The quantitative estimate of drug-likeness (QED) is 0.682. The molecule has 0 unspecified atom stereocenters. The number of hydrogen-bond donors (Lipinski definition) is 1. The summed E-state index contributed by atoms with van der Waals surface area (Å²) in [6, 6.07) is 16.4. The van der Waals surface area contributed by atoms with Gasteiger partial charge in [-0.25, -0.2) is 4.68 Å². The Labute approximate surface area is 176 Å². The number of fused-ring (bicyclic) bond motifs is 1. The first-order chi connectivity index (χ1) is 14.6. The zero-order valence-corrected chi connectivity index (χ0v) is 17.4. The van der Waals surface area contributed by atoms with E-state index in [0.717, 1.165) is 48.9 Å². The van der Waals surface area contributed by atoms with E-state index < -0.39 is 0 Å². The summed E-state index contributed by atoms with van der Waals surface area (Å²) in [5, 5.41) is 8.29. The van der Waals surface area contributed by atoms with Crippen molar-refractivity contribution < 1.29 is 9.59 Å². The highest BCUT2D eigenvalue weighted by atomic mass is 16.2. The van der Waals surface area contributed by atoms with Crippen LogP contribution in [0, 0.1) is 6.92 Å². The van der Waals surface area contributed by atoms with Crippen LogP contribution in [0.3, 0.4) is 0 Å². The van der Waals surface area contributed by atoms with Gasteiger partial charge in [-0.3, -0.25) is 14.5 Å². The van der Waals surface area contributed by atoms with Crippen LogP contribution < -0.4 is 5.32 Å². The summed E-state index contributed by atoms with van der Waals surface area (Å²) in [4.78, 5) is 27.4. The zero-order chi connectivity index (χ0) is 20.9. The van der Waals surface area contributed by atoms with E-state index in [9.17, 15) is 9.59 Å². The van der Waals surface area contributed by atoms with Gasteiger partial charge in [0, 0.05) is 43.9 Å². The van der Waals surface area contributed by atoms with E-state index in [0.29, 0.717) is 0 Å². The van der Waals surface area contributed by atoms with Crippen LogP contribution in [0.1, 0.15) is 41.6 Å². The second-order valence-corrected chi connectivity index (χ2v) is 8.06. The van der Waals surface area contributed by atoms with Crippen molar-refractivity contribution in [2.24, 2.45) is 0 Å². The summed E-state index contributed by atoms with van der Waals surface area (Å²) in [6.45, 7) is 4.89. The van der Waals surface area contributed by atoms with Gasteiger partial charge in [0.15, 0.2) is 0 Å². The second-order valence-electron chi connectivity index (χ2n) is 8.06. The maximum Gasteiger partial charge on any atom is 0.247 e. The number of amides is 1. The SMILES string of the molecule is Cc1cccc2c1cnn2C(=O)CCC(=O)NC1CCN(Cc2ccccc2)CC1. The maximum absolute atomic E-state index is 12.6. The lowest BCUT2D eigenvalue weighted by molar-refractivity contribution is -0.122. The molecule has 30 heavy (non-hydrogen) atoms. The first-order valence-electron chi connectivity index (χ1n) is 10.6. The van der Waals surface area contributed by atoms with E-state index in [1.54, 1.807) is 6.20 Å². The van der Waals surface area contributed by atoms with Crippen LogP contribution in [0.4, 0.5) is 0 Å². The predicted octanol–water partition coefficient (Wildman–Crippen LogP) is 3.55. The number of aryl methyl sites for hydroxylation is 1. The molecule has 0 bridgehead atoms. The fourth-order valence-electron chi connectivity index (χ4n) is 4.10. The third kappa shape index (κ3) is 4.76. The van der Waals surface area contributed by atoms with E-state index in [4.69, 9.17) is 0 Å². The molecule has 0 radical (unpaired) electrons. The van der Waals surface area contributed by atoms with Gasteiger partial charge in [0.05, 0.1) is 11.7 Å². The monoisotopic (exact) mass is 404 g/mol. The highest BCUT2D eigenvalue weighted by Crippen LogP contribution is 2.18. The van der Waals surface area contributed by atoms with Gasteiger partial charge in [0.1, 0.15) is 0 Å². The number of carbonyl (C=O) groups is 2. The Bertz CT molecular complexity index is 1020. The fraction of sp³-hybridized carbons (Fsp3) is 0.375. The predicted molar refractivity (Wildman–Crippen MR) is 117 cm³/mol. The van der Waals surface area contributed by atoms with Crippen molar-refractivity contribution in [3.05, 3.63) is 65.9 Å². The first kappa shape index (κ1) is 20.3. The summed E-state index contributed by atoms with van der Waals surface area (Å²) in [6.07, 6.45) is 3.94. The van der Waals surface area contributed by atoms with E-state index in [1.165, 1.54) is 10.2 Å². The minimum Gasteiger partial charge on any atom is -0.353 e. The molecule has 156 valence electrons. The van der Waals surface area contributed by atoms with Gasteiger partial charge in [0.2, 0.25) is 11.8 Å². The number of carbonyl (C=O) groups excluding carboxylic acids is 2. The lowest BCUT2D eigenvalue weighted by Crippen LogP contribution is -2.44. The Morgan fingerprint density at radius 3 is 2.57 bits per heavy atom. The molecule has 2 heterocycles. The summed E-state index contributed by atoms with van der Waals surface area (Å²) in [5.41, 5.74) is 3.20. The van der Waals surface area contributed by atoms with Gasteiger partial charge in [-0.05, 0) is 37.0 Å². The highest BCUT2D eigenvalue weighted by molar-refractivity contribution is 5.93. The number of piperidine rings is 1. The molecular weight excluding hydrogens is 376 g/mol. The Morgan fingerprint density at radius 2 is 1.80 bits per heavy atom. The molecule has 1 amide bonds. The number of rotatable bonds is 6. The van der Waals surface area contributed by atoms with Gasteiger partial charge < -0.3 is 5.32 Å². The van der Waals surface area contributed by atoms with Crippen LogP contribution in [0.15, 0.2) is 54.7 Å². The molecule has 2 aromatic carbocycles. The van der Waals surface area contributed by atoms with E-state index >= 15 is 0 Å². The van der Waals surface area contributed by atoms with Crippen molar-refractivity contribution in [3.8, 4) is 0 Å². The summed E-state index contributed by atoms with van der Waals surface area (Å²) < 4.78 is 1.41. The smallest absolute Gasteiger partial charge is 0.247 e. The number of aromatic nitrogens is 2. The van der Waals surface area contributed by atoms with Crippen molar-refractivity contribution in [2.75, 3.05) is 13.1 Å². The van der Waals surface area contributed by atoms with Crippen LogP contribution in [0.25, 0.3) is 10.9 Å². The molecule has 3 aromatic rings. The fourth-order valence-corrected chi connectivity index (χ4v) is 4.10. The molecule has 1 N–H and O–H groups in total.